The first-order chi connectivity index (χ1) is 8.10. The van der Waals surface area contributed by atoms with Crippen LogP contribution >= 0.6 is 15.9 Å². The van der Waals surface area contributed by atoms with Gasteiger partial charge >= 0.3 is 5.97 Å². The Morgan fingerprint density at radius 1 is 1.47 bits per heavy atom. The van der Waals surface area contributed by atoms with E-state index in [1.807, 2.05) is 25.1 Å². The van der Waals surface area contributed by atoms with Crippen LogP contribution in [0.2, 0.25) is 0 Å². The second-order valence-corrected chi connectivity index (χ2v) is 4.27. The molecule has 0 aliphatic carbocycles. The Hall–Kier alpha value is -1.03. The minimum atomic E-state index is -0.589. The summed E-state index contributed by atoms with van der Waals surface area (Å²) in [5.74, 6) is 0.418. The Balaban J connectivity index is 2.83. The first kappa shape index (κ1) is 14.0. The van der Waals surface area contributed by atoms with E-state index in [0.29, 0.717) is 11.9 Å². The van der Waals surface area contributed by atoms with E-state index in [1.54, 1.807) is 13.8 Å². The molecule has 0 saturated heterocycles. The van der Waals surface area contributed by atoms with Crippen LogP contribution < -0.4 is 4.74 Å². The number of alkyl halides is 1. The summed E-state index contributed by atoms with van der Waals surface area (Å²) >= 11 is 3.40. The highest BCUT2D eigenvalue weighted by Gasteiger charge is 2.18. The molecular formula is C13H17BrO3. The van der Waals surface area contributed by atoms with Gasteiger partial charge in [-0.15, -0.1) is 0 Å². The SMILES string of the molecule is CCOC(=O)[C@@H](C)Oc1c(C)cccc1CBr. The summed E-state index contributed by atoms with van der Waals surface area (Å²) in [7, 11) is 0. The summed E-state index contributed by atoms with van der Waals surface area (Å²) < 4.78 is 10.6. The van der Waals surface area contributed by atoms with Crippen molar-refractivity contribution >= 4 is 21.9 Å². The Bertz CT molecular complexity index is 390. The van der Waals surface area contributed by atoms with Crippen molar-refractivity contribution in [2.75, 3.05) is 6.61 Å². The van der Waals surface area contributed by atoms with E-state index >= 15 is 0 Å². The molecule has 1 aromatic rings. The number of rotatable bonds is 5. The maximum atomic E-state index is 11.5. The summed E-state index contributed by atoms with van der Waals surface area (Å²) in [6.07, 6.45) is -0.589. The van der Waals surface area contributed by atoms with Gasteiger partial charge in [-0.25, -0.2) is 4.79 Å². The number of carbonyl (C=O) groups excluding carboxylic acids is 1. The van der Waals surface area contributed by atoms with Gasteiger partial charge in [-0.05, 0) is 26.3 Å². The molecule has 4 heteroatoms. The predicted octanol–water partition coefficient (Wildman–Crippen LogP) is 3.22. The summed E-state index contributed by atoms with van der Waals surface area (Å²) in [6, 6.07) is 5.89. The Morgan fingerprint density at radius 2 is 2.18 bits per heavy atom. The highest BCUT2D eigenvalue weighted by atomic mass is 79.9. The zero-order chi connectivity index (χ0) is 12.8. The number of halogens is 1. The lowest BCUT2D eigenvalue weighted by Crippen LogP contribution is -2.26. The van der Waals surface area contributed by atoms with Crippen LogP contribution in [0.1, 0.15) is 25.0 Å². The van der Waals surface area contributed by atoms with Gasteiger partial charge in [0.05, 0.1) is 6.61 Å². The Kier molecular flexibility index (Phi) is 5.48. The molecule has 0 fully saturated rings. The quantitative estimate of drug-likeness (QED) is 0.619. The zero-order valence-corrected chi connectivity index (χ0v) is 11.9. The first-order valence-electron chi connectivity index (χ1n) is 5.57. The maximum absolute atomic E-state index is 11.5. The standard InChI is InChI=1S/C13H17BrO3/c1-4-16-13(15)10(3)17-12-9(2)6-5-7-11(12)8-14/h5-7,10H,4,8H2,1-3H3/t10-/m1/s1. The van der Waals surface area contributed by atoms with Crippen LogP contribution in [0.4, 0.5) is 0 Å². The topological polar surface area (TPSA) is 35.5 Å². The fourth-order valence-corrected chi connectivity index (χ4v) is 1.91. The Labute approximate surface area is 110 Å². The molecule has 0 unspecified atom stereocenters. The second kappa shape index (κ2) is 6.64. The van der Waals surface area contributed by atoms with Gasteiger partial charge in [-0.1, -0.05) is 34.1 Å². The van der Waals surface area contributed by atoms with Gasteiger partial charge in [-0.3, -0.25) is 0 Å². The van der Waals surface area contributed by atoms with Crippen molar-refractivity contribution in [2.45, 2.75) is 32.2 Å². The molecule has 1 aromatic carbocycles. The van der Waals surface area contributed by atoms with Crippen LogP contribution in [0, 0.1) is 6.92 Å². The normalized spacial score (nSPS) is 12.0. The molecule has 0 heterocycles. The number of aryl methyl sites for hydroxylation is 1. The highest BCUT2D eigenvalue weighted by molar-refractivity contribution is 9.08. The molecule has 0 radical (unpaired) electrons. The largest absolute Gasteiger partial charge is 0.478 e. The number of hydrogen-bond acceptors (Lipinski definition) is 3. The number of esters is 1. The second-order valence-electron chi connectivity index (χ2n) is 3.71. The van der Waals surface area contributed by atoms with Gasteiger partial charge in [0, 0.05) is 10.9 Å². The van der Waals surface area contributed by atoms with Crippen LogP contribution in [-0.2, 0) is 14.9 Å². The lowest BCUT2D eigenvalue weighted by molar-refractivity contribution is -0.150. The van der Waals surface area contributed by atoms with Crippen molar-refractivity contribution in [1.29, 1.82) is 0 Å². The first-order valence-corrected chi connectivity index (χ1v) is 6.70. The number of benzene rings is 1. The lowest BCUT2D eigenvalue weighted by atomic mass is 10.1. The van der Waals surface area contributed by atoms with Crippen LogP contribution in [0.3, 0.4) is 0 Å². The fourth-order valence-electron chi connectivity index (χ4n) is 1.47. The summed E-state index contributed by atoms with van der Waals surface area (Å²) in [5, 5.41) is 0.694. The molecule has 1 rings (SSSR count). The van der Waals surface area contributed by atoms with E-state index in [4.69, 9.17) is 9.47 Å². The minimum Gasteiger partial charge on any atom is -0.478 e. The van der Waals surface area contributed by atoms with E-state index < -0.39 is 6.10 Å². The van der Waals surface area contributed by atoms with Crippen LogP contribution in [0.15, 0.2) is 18.2 Å². The molecule has 0 aliphatic rings. The van der Waals surface area contributed by atoms with Crippen LogP contribution in [-0.4, -0.2) is 18.7 Å². The molecule has 0 saturated carbocycles. The van der Waals surface area contributed by atoms with Gasteiger partial charge in [0.1, 0.15) is 5.75 Å². The fraction of sp³-hybridized carbons (Fsp3) is 0.462. The van der Waals surface area contributed by atoms with E-state index in [1.165, 1.54) is 0 Å². The molecule has 0 bridgehead atoms. The number of para-hydroxylation sites is 1. The number of hydrogen-bond donors (Lipinski definition) is 0. The lowest BCUT2D eigenvalue weighted by Gasteiger charge is -2.17. The third-order valence-corrected chi connectivity index (χ3v) is 2.95. The van der Waals surface area contributed by atoms with E-state index in [-0.39, 0.29) is 5.97 Å². The highest BCUT2D eigenvalue weighted by Crippen LogP contribution is 2.26. The molecule has 94 valence electrons. The van der Waals surface area contributed by atoms with Gasteiger partial charge in [-0.2, -0.15) is 0 Å². The van der Waals surface area contributed by atoms with Gasteiger partial charge in [0.2, 0.25) is 0 Å². The molecule has 1 atom stereocenters. The van der Waals surface area contributed by atoms with E-state index in [0.717, 1.165) is 16.9 Å². The third kappa shape index (κ3) is 3.73. The van der Waals surface area contributed by atoms with Gasteiger partial charge < -0.3 is 9.47 Å². The van der Waals surface area contributed by atoms with Crippen molar-refractivity contribution in [1.82, 2.24) is 0 Å². The molecular weight excluding hydrogens is 284 g/mol. The van der Waals surface area contributed by atoms with E-state index in [9.17, 15) is 4.79 Å². The van der Waals surface area contributed by atoms with Crippen LogP contribution in [0.25, 0.3) is 0 Å². The average molecular weight is 301 g/mol. The van der Waals surface area contributed by atoms with Crippen molar-refractivity contribution < 1.29 is 14.3 Å². The average Bonchev–Trinajstić information content (AvgIpc) is 2.31. The summed E-state index contributed by atoms with van der Waals surface area (Å²) in [5.41, 5.74) is 2.04. The molecule has 17 heavy (non-hydrogen) atoms. The van der Waals surface area contributed by atoms with Crippen molar-refractivity contribution in [3.63, 3.8) is 0 Å². The zero-order valence-electron chi connectivity index (χ0n) is 10.3. The summed E-state index contributed by atoms with van der Waals surface area (Å²) in [4.78, 5) is 11.5. The van der Waals surface area contributed by atoms with Crippen molar-refractivity contribution in [3.8, 4) is 5.75 Å². The smallest absolute Gasteiger partial charge is 0.347 e. The molecule has 0 spiro atoms. The van der Waals surface area contributed by atoms with Crippen molar-refractivity contribution in [2.24, 2.45) is 0 Å². The minimum absolute atomic E-state index is 0.337. The molecule has 0 amide bonds. The van der Waals surface area contributed by atoms with Gasteiger partial charge in [0.15, 0.2) is 6.10 Å². The number of carbonyl (C=O) groups is 1. The van der Waals surface area contributed by atoms with Crippen LogP contribution in [0.5, 0.6) is 5.75 Å². The molecule has 0 aromatic heterocycles. The van der Waals surface area contributed by atoms with Gasteiger partial charge in [0.25, 0.3) is 0 Å². The van der Waals surface area contributed by atoms with E-state index in [2.05, 4.69) is 15.9 Å². The molecule has 0 N–H and O–H groups in total. The van der Waals surface area contributed by atoms with Crippen molar-refractivity contribution in [3.05, 3.63) is 29.3 Å². The molecule has 0 aliphatic heterocycles. The maximum Gasteiger partial charge on any atom is 0.347 e. The monoisotopic (exact) mass is 300 g/mol. The molecule has 3 nitrogen and oxygen atoms in total. The Morgan fingerprint density at radius 3 is 2.76 bits per heavy atom. The summed E-state index contributed by atoms with van der Waals surface area (Å²) in [6.45, 7) is 5.80. The predicted molar refractivity (Wildman–Crippen MR) is 70.5 cm³/mol. The third-order valence-electron chi connectivity index (χ3n) is 2.35. The number of ether oxygens (including phenoxy) is 2.